The van der Waals surface area contributed by atoms with Crippen molar-refractivity contribution in [3.63, 3.8) is 0 Å². The predicted octanol–water partition coefficient (Wildman–Crippen LogP) is 4.49. The van der Waals surface area contributed by atoms with Gasteiger partial charge in [-0.25, -0.2) is 17.6 Å². The van der Waals surface area contributed by atoms with E-state index in [1.54, 1.807) is 55.5 Å². The number of benzene rings is 3. The fourth-order valence-electron chi connectivity index (χ4n) is 4.14. The smallest absolute Gasteiger partial charge is 0.328 e. The van der Waals surface area contributed by atoms with Gasteiger partial charge in [-0.15, -0.1) is 0 Å². The highest BCUT2D eigenvalue weighted by Gasteiger charge is 2.25. The molecule has 0 heterocycles. The summed E-state index contributed by atoms with van der Waals surface area (Å²) in [5.74, 6) is -1.30. The molecule has 0 aliphatic carbocycles. The zero-order valence-corrected chi connectivity index (χ0v) is 23.4. The molecule has 1 atom stereocenters. The average Bonchev–Trinajstić information content (AvgIpc) is 2.88. The number of likely N-dealkylation sites (N-methyl/N-ethyl adjacent to an activating group) is 1. The maximum Gasteiger partial charge on any atom is 0.328 e. The van der Waals surface area contributed by atoms with Crippen LogP contribution in [0.15, 0.2) is 77.7 Å². The summed E-state index contributed by atoms with van der Waals surface area (Å²) in [6.07, 6.45) is 2.10. The fourth-order valence-corrected chi connectivity index (χ4v) is 5.40. The highest BCUT2D eigenvalue weighted by atomic mass is 32.2. The Labute approximate surface area is 229 Å². The van der Waals surface area contributed by atoms with Crippen molar-refractivity contribution in [1.29, 1.82) is 0 Å². The van der Waals surface area contributed by atoms with Crippen LogP contribution < -0.4 is 5.32 Å². The molecule has 3 aromatic rings. The number of hydrogen-bond donors (Lipinski definition) is 3. The minimum absolute atomic E-state index is 0.0965. The molecule has 0 saturated carbocycles. The summed E-state index contributed by atoms with van der Waals surface area (Å²) >= 11 is 0. The van der Waals surface area contributed by atoms with E-state index < -0.39 is 27.6 Å². The predicted molar refractivity (Wildman–Crippen MR) is 151 cm³/mol. The Morgan fingerprint density at radius 3 is 2.41 bits per heavy atom. The average molecular weight is 555 g/mol. The summed E-state index contributed by atoms with van der Waals surface area (Å²) < 4.78 is 41.5. The molecule has 0 spiro atoms. The summed E-state index contributed by atoms with van der Waals surface area (Å²) in [7, 11) is -2.45. The zero-order valence-electron chi connectivity index (χ0n) is 22.6. The van der Waals surface area contributed by atoms with Gasteiger partial charge in [-0.1, -0.05) is 48.5 Å². The van der Waals surface area contributed by atoms with E-state index in [0.29, 0.717) is 23.1 Å². The first kappa shape index (κ1) is 30.2. The number of aliphatic carboxylic acids is 1. The molecule has 39 heavy (non-hydrogen) atoms. The molecular formula is C30H35FN2O5S. The molecule has 0 amide bonds. The van der Waals surface area contributed by atoms with Gasteiger partial charge in [-0.3, -0.25) is 0 Å². The van der Waals surface area contributed by atoms with Crippen LogP contribution in [0.2, 0.25) is 0 Å². The summed E-state index contributed by atoms with van der Waals surface area (Å²) in [5, 5.41) is 22.6. The van der Waals surface area contributed by atoms with Crippen LogP contribution in [-0.4, -0.2) is 60.7 Å². The molecular weight excluding hydrogens is 519 g/mol. The van der Waals surface area contributed by atoms with E-state index >= 15 is 0 Å². The molecule has 0 saturated heterocycles. The van der Waals surface area contributed by atoms with Gasteiger partial charge in [0, 0.05) is 31.8 Å². The number of carbonyl (C=O) groups is 1. The van der Waals surface area contributed by atoms with E-state index in [1.807, 2.05) is 19.9 Å². The van der Waals surface area contributed by atoms with Gasteiger partial charge in [0.25, 0.3) is 0 Å². The maximum atomic E-state index is 13.9. The Kier molecular flexibility index (Phi) is 9.79. The van der Waals surface area contributed by atoms with E-state index in [9.17, 15) is 22.7 Å². The molecule has 0 aliphatic heterocycles. The number of aliphatic hydroxyl groups excluding tert-OH is 1. The number of aryl methyl sites for hydroxylation is 1. The molecule has 0 radical (unpaired) electrons. The molecule has 3 N–H and O–H groups in total. The Morgan fingerprint density at radius 2 is 1.77 bits per heavy atom. The monoisotopic (exact) mass is 554 g/mol. The summed E-state index contributed by atoms with van der Waals surface area (Å²) in [6.45, 7) is 5.64. The van der Waals surface area contributed by atoms with E-state index in [1.165, 1.54) is 25.3 Å². The molecule has 9 heteroatoms. The highest BCUT2D eigenvalue weighted by molar-refractivity contribution is 7.89. The molecule has 3 rings (SSSR count). The maximum absolute atomic E-state index is 13.9. The lowest BCUT2D eigenvalue weighted by Gasteiger charge is -2.29. The molecule has 0 fully saturated rings. The number of carboxylic acid groups (broad SMARTS) is 1. The zero-order chi connectivity index (χ0) is 28.8. The SMILES string of the molecule is Cc1ccc(CC(C)(C)NCC(O)CN(C)S(=O)(=O)c2cccc(-c3ccc(C=CC(=O)O)cc3)c2)cc1F. The number of halogens is 1. The normalized spacial score (nSPS) is 13.2. The third kappa shape index (κ3) is 8.56. The Bertz CT molecular complexity index is 1440. The van der Waals surface area contributed by atoms with Gasteiger partial charge in [0.2, 0.25) is 10.0 Å². The van der Waals surface area contributed by atoms with Gasteiger partial charge in [-0.2, -0.15) is 4.31 Å². The molecule has 0 bridgehead atoms. The number of hydrogen-bond acceptors (Lipinski definition) is 5. The molecule has 208 valence electrons. The number of β-amino-alcohol motifs (C(OH)–C–C–N with tert-alkyl or cyclic N) is 1. The molecule has 7 nitrogen and oxygen atoms in total. The molecule has 0 aromatic heterocycles. The van der Waals surface area contributed by atoms with E-state index in [0.717, 1.165) is 21.5 Å². The largest absolute Gasteiger partial charge is 0.478 e. The van der Waals surface area contributed by atoms with Crippen molar-refractivity contribution in [3.8, 4) is 11.1 Å². The first-order valence-electron chi connectivity index (χ1n) is 12.5. The van der Waals surface area contributed by atoms with Gasteiger partial charge in [0.05, 0.1) is 11.0 Å². The lowest BCUT2D eigenvalue weighted by Crippen LogP contribution is -2.47. The Morgan fingerprint density at radius 1 is 1.08 bits per heavy atom. The first-order chi connectivity index (χ1) is 18.3. The van der Waals surface area contributed by atoms with Crippen LogP contribution in [0.4, 0.5) is 4.39 Å². The second-order valence-electron chi connectivity index (χ2n) is 10.3. The number of sulfonamides is 1. The van der Waals surface area contributed by atoms with Crippen LogP contribution in [0.5, 0.6) is 0 Å². The molecule has 3 aromatic carbocycles. The summed E-state index contributed by atoms with van der Waals surface area (Å²) in [4.78, 5) is 10.8. The lowest BCUT2D eigenvalue weighted by molar-refractivity contribution is -0.131. The van der Waals surface area contributed by atoms with Gasteiger partial charge >= 0.3 is 5.97 Å². The first-order valence-corrected chi connectivity index (χ1v) is 14.0. The minimum atomic E-state index is -3.87. The quantitative estimate of drug-likeness (QED) is 0.285. The van der Waals surface area contributed by atoms with Gasteiger partial charge < -0.3 is 15.5 Å². The number of carboxylic acids is 1. The van der Waals surface area contributed by atoms with Crippen molar-refractivity contribution in [2.45, 2.75) is 43.7 Å². The van der Waals surface area contributed by atoms with Crippen LogP contribution in [0.1, 0.15) is 30.5 Å². The van der Waals surface area contributed by atoms with Crippen molar-refractivity contribution in [3.05, 3.63) is 95.3 Å². The minimum Gasteiger partial charge on any atom is -0.478 e. The van der Waals surface area contributed by atoms with Crippen LogP contribution in [-0.2, 0) is 21.2 Å². The van der Waals surface area contributed by atoms with Gasteiger partial charge in [-0.05, 0) is 79.3 Å². The number of aliphatic hydroxyl groups is 1. The third-order valence-electron chi connectivity index (χ3n) is 6.37. The Hall–Kier alpha value is -3.37. The third-order valence-corrected chi connectivity index (χ3v) is 8.19. The lowest BCUT2D eigenvalue weighted by atomic mass is 9.94. The highest BCUT2D eigenvalue weighted by Crippen LogP contribution is 2.25. The number of nitrogens with one attached hydrogen (secondary N) is 1. The van der Waals surface area contributed by atoms with Gasteiger partial charge in [0.15, 0.2) is 0 Å². The molecule has 1 unspecified atom stereocenters. The topological polar surface area (TPSA) is 107 Å². The van der Waals surface area contributed by atoms with Crippen molar-refractivity contribution >= 4 is 22.1 Å². The van der Waals surface area contributed by atoms with Crippen molar-refractivity contribution in [2.75, 3.05) is 20.1 Å². The van der Waals surface area contributed by atoms with Crippen LogP contribution in [0, 0.1) is 12.7 Å². The second kappa shape index (κ2) is 12.7. The fraction of sp³-hybridized carbons (Fsp3) is 0.300. The standard InChI is InChI=1S/C30H35FN2O5S/c1-21-8-9-23(16-28(21)31)18-30(2,3)32-19-26(34)20-33(4)39(37,38)27-7-5-6-25(17-27)24-13-10-22(11-14-24)12-15-29(35)36/h5-17,26,32,34H,18-20H2,1-4H3,(H,35,36). The number of rotatable bonds is 12. The van der Waals surface area contributed by atoms with E-state index in [4.69, 9.17) is 5.11 Å². The Balaban J connectivity index is 1.63. The number of nitrogens with zero attached hydrogens (tertiary/aromatic N) is 1. The van der Waals surface area contributed by atoms with Crippen LogP contribution >= 0.6 is 0 Å². The van der Waals surface area contributed by atoms with Crippen LogP contribution in [0.3, 0.4) is 0 Å². The van der Waals surface area contributed by atoms with E-state index in [2.05, 4.69) is 5.32 Å². The van der Waals surface area contributed by atoms with Gasteiger partial charge in [0.1, 0.15) is 5.82 Å². The molecule has 0 aliphatic rings. The van der Waals surface area contributed by atoms with Crippen molar-refractivity contribution < 1.29 is 27.8 Å². The summed E-state index contributed by atoms with van der Waals surface area (Å²) in [5.41, 5.74) is 3.14. The van der Waals surface area contributed by atoms with E-state index in [-0.39, 0.29) is 23.8 Å². The second-order valence-corrected chi connectivity index (χ2v) is 12.3. The summed E-state index contributed by atoms with van der Waals surface area (Å²) in [6, 6.07) is 18.7. The van der Waals surface area contributed by atoms with Crippen LogP contribution in [0.25, 0.3) is 17.2 Å². The van der Waals surface area contributed by atoms with Crippen molar-refractivity contribution in [2.24, 2.45) is 0 Å². The van der Waals surface area contributed by atoms with Crippen molar-refractivity contribution in [1.82, 2.24) is 9.62 Å².